The monoisotopic (exact) mass is 335 g/mol. The number of fused-ring (bicyclic) bond motifs is 1. The molecule has 0 saturated heterocycles. The molecular formula is C17H14FN7. The number of anilines is 3. The van der Waals surface area contributed by atoms with Gasteiger partial charge in [-0.15, -0.1) is 0 Å². The molecule has 0 aliphatic heterocycles. The van der Waals surface area contributed by atoms with E-state index in [0.717, 1.165) is 0 Å². The van der Waals surface area contributed by atoms with Crippen molar-refractivity contribution >= 4 is 28.4 Å². The largest absolute Gasteiger partial charge is 0.386 e. The van der Waals surface area contributed by atoms with Crippen LogP contribution in [-0.4, -0.2) is 32.0 Å². The summed E-state index contributed by atoms with van der Waals surface area (Å²) < 4.78 is 14.5. The molecule has 3 aromatic heterocycles. The zero-order chi connectivity index (χ0) is 17.2. The molecule has 8 heteroatoms. The summed E-state index contributed by atoms with van der Waals surface area (Å²) in [5, 5.41) is 5.87. The van der Waals surface area contributed by atoms with E-state index in [-0.39, 0.29) is 5.82 Å². The fourth-order valence-electron chi connectivity index (χ4n) is 2.61. The number of nitrogens with one attached hydrogen (secondary N) is 3. The minimum atomic E-state index is -0.379. The first-order valence-electron chi connectivity index (χ1n) is 7.60. The van der Waals surface area contributed by atoms with Crippen LogP contribution in [0.25, 0.3) is 22.4 Å². The van der Waals surface area contributed by atoms with Crippen molar-refractivity contribution in [1.29, 1.82) is 0 Å². The Labute approximate surface area is 142 Å². The lowest BCUT2D eigenvalue weighted by atomic mass is 10.1. The zero-order valence-electron chi connectivity index (χ0n) is 13.3. The van der Waals surface area contributed by atoms with Crippen molar-refractivity contribution in [2.75, 3.05) is 17.7 Å². The summed E-state index contributed by atoms with van der Waals surface area (Å²) in [6.07, 6.45) is 4.64. The Morgan fingerprint density at radius 1 is 1.00 bits per heavy atom. The lowest BCUT2D eigenvalue weighted by molar-refractivity contribution is 0.635. The van der Waals surface area contributed by atoms with Crippen LogP contribution >= 0.6 is 0 Å². The molecule has 0 aliphatic carbocycles. The highest BCUT2D eigenvalue weighted by molar-refractivity contribution is 5.91. The van der Waals surface area contributed by atoms with E-state index in [4.69, 9.17) is 0 Å². The van der Waals surface area contributed by atoms with Gasteiger partial charge in [0.2, 0.25) is 0 Å². The number of aromatic amines is 1. The Kier molecular flexibility index (Phi) is 3.70. The fourth-order valence-corrected chi connectivity index (χ4v) is 2.61. The summed E-state index contributed by atoms with van der Waals surface area (Å²) in [7, 11) is 1.67. The number of H-pyrrole nitrogens is 1. The van der Waals surface area contributed by atoms with Crippen molar-refractivity contribution in [1.82, 2.24) is 24.9 Å². The van der Waals surface area contributed by atoms with Crippen molar-refractivity contribution < 1.29 is 4.39 Å². The predicted molar refractivity (Wildman–Crippen MR) is 94.1 cm³/mol. The summed E-state index contributed by atoms with van der Waals surface area (Å²) in [5.41, 5.74) is 3.34. The van der Waals surface area contributed by atoms with Gasteiger partial charge in [-0.3, -0.25) is 0 Å². The van der Waals surface area contributed by atoms with Crippen molar-refractivity contribution in [2.45, 2.75) is 0 Å². The summed E-state index contributed by atoms with van der Waals surface area (Å²) >= 11 is 0. The topological polar surface area (TPSA) is 91.4 Å². The number of imidazole rings is 1. The lowest BCUT2D eigenvalue weighted by Crippen LogP contribution is -2.02. The van der Waals surface area contributed by atoms with E-state index in [9.17, 15) is 4.39 Å². The van der Waals surface area contributed by atoms with E-state index >= 15 is 0 Å². The van der Waals surface area contributed by atoms with Crippen LogP contribution in [0.2, 0.25) is 0 Å². The van der Waals surface area contributed by atoms with E-state index in [2.05, 4.69) is 35.6 Å². The molecule has 3 heterocycles. The highest BCUT2D eigenvalue weighted by atomic mass is 19.1. The van der Waals surface area contributed by atoms with Crippen molar-refractivity contribution in [3.63, 3.8) is 0 Å². The standard InChI is InChI=1S/C17H14FN7/c1-19-11-5-2-6-12(13(11)18)25-16-10(4-3-7-20-16)14-15-17(23-8-21-14)24-9-22-15/h2-9,19H,1H3,(H,20,25)(H,21,22,23,24). The lowest BCUT2D eigenvalue weighted by Gasteiger charge is -2.13. The molecule has 4 aromatic rings. The van der Waals surface area contributed by atoms with E-state index in [0.29, 0.717) is 39.6 Å². The van der Waals surface area contributed by atoms with Gasteiger partial charge in [-0.05, 0) is 24.3 Å². The molecule has 0 aliphatic rings. The highest BCUT2D eigenvalue weighted by Gasteiger charge is 2.15. The normalized spacial score (nSPS) is 10.8. The molecular weight excluding hydrogens is 321 g/mol. The molecule has 7 nitrogen and oxygen atoms in total. The Hall–Kier alpha value is -3.55. The van der Waals surface area contributed by atoms with Crippen LogP contribution in [0.5, 0.6) is 0 Å². The molecule has 0 atom stereocenters. The van der Waals surface area contributed by atoms with E-state index in [1.54, 1.807) is 43.8 Å². The Bertz CT molecular complexity index is 1040. The van der Waals surface area contributed by atoms with Crippen LogP contribution in [0.1, 0.15) is 0 Å². The van der Waals surface area contributed by atoms with Crippen LogP contribution in [0.3, 0.4) is 0 Å². The molecule has 0 unspecified atom stereocenters. The third-order valence-electron chi connectivity index (χ3n) is 3.81. The smallest absolute Gasteiger partial charge is 0.181 e. The first-order chi connectivity index (χ1) is 12.3. The third kappa shape index (κ3) is 2.63. The number of benzene rings is 1. The average Bonchev–Trinajstić information content (AvgIpc) is 3.13. The average molecular weight is 335 g/mol. The molecule has 0 saturated carbocycles. The Morgan fingerprint density at radius 3 is 2.76 bits per heavy atom. The van der Waals surface area contributed by atoms with Gasteiger partial charge in [0.1, 0.15) is 23.4 Å². The highest BCUT2D eigenvalue weighted by Crippen LogP contribution is 2.32. The second-order valence-corrected chi connectivity index (χ2v) is 5.27. The van der Waals surface area contributed by atoms with Crippen LogP contribution in [0.4, 0.5) is 21.6 Å². The summed E-state index contributed by atoms with van der Waals surface area (Å²) in [6.45, 7) is 0. The van der Waals surface area contributed by atoms with Crippen LogP contribution in [0, 0.1) is 5.82 Å². The maximum absolute atomic E-state index is 14.5. The molecule has 0 amide bonds. The maximum atomic E-state index is 14.5. The minimum Gasteiger partial charge on any atom is -0.386 e. The van der Waals surface area contributed by atoms with Gasteiger partial charge < -0.3 is 15.6 Å². The molecule has 4 rings (SSSR count). The molecule has 0 spiro atoms. The van der Waals surface area contributed by atoms with Gasteiger partial charge in [0.15, 0.2) is 11.5 Å². The predicted octanol–water partition coefficient (Wildman–Crippen LogP) is 3.34. The molecule has 25 heavy (non-hydrogen) atoms. The second-order valence-electron chi connectivity index (χ2n) is 5.27. The minimum absolute atomic E-state index is 0.321. The first-order valence-corrected chi connectivity index (χ1v) is 7.60. The van der Waals surface area contributed by atoms with E-state index < -0.39 is 0 Å². The second kappa shape index (κ2) is 6.16. The summed E-state index contributed by atoms with van der Waals surface area (Å²) in [5.74, 6) is 0.111. The Balaban J connectivity index is 1.82. The number of pyridine rings is 1. The quantitative estimate of drug-likeness (QED) is 0.530. The molecule has 3 N–H and O–H groups in total. The third-order valence-corrected chi connectivity index (χ3v) is 3.81. The zero-order valence-corrected chi connectivity index (χ0v) is 13.3. The van der Waals surface area contributed by atoms with Gasteiger partial charge in [0, 0.05) is 18.8 Å². The van der Waals surface area contributed by atoms with Crippen molar-refractivity contribution in [3.05, 3.63) is 55.0 Å². The van der Waals surface area contributed by atoms with Crippen molar-refractivity contribution in [3.8, 4) is 11.3 Å². The molecule has 0 bridgehead atoms. The van der Waals surface area contributed by atoms with Gasteiger partial charge in [-0.1, -0.05) is 6.07 Å². The van der Waals surface area contributed by atoms with Gasteiger partial charge in [-0.25, -0.2) is 24.3 Å². The number of nitrogens with zero attached hydrogens (tertiary/aromatic N) is 4. The van der Waals surface area contributed by atoms with E-state index in [1.807, 2.05) is 6.07 Å². The molecule has 124 valence electrons. The number of hydrogen-bond acceptors (Lipinski definition) is 6. The van der Waals surface area contributed by atoms with Crippen molar-refractivity contribution in [2.24, 2.45) is 0 Å². The number of rotatable bonds is 4. The van der Waals surface area contributed by atoms with Crippen LogP contribution < -0.4 is 10.6 Å². The summed E-state index contributed by atoms with van der Waals surface area (Å²) in [6, 6.07) is 8.74. The van der Waals surface area contributed by atoms with Crippen LogP contribution in [-0.2, 0) is 0 Å². The van der Waals surface area contributed by atoms with E-state index in [1.165, 1.54) is 6.33 Å². The SMILES string of the molecule is CNc1cccc(Nc2ncccc2-c2ncnc3nc[nH]c23)c1F. The first kappa shape index (κ1) is 15.0. The van der Waals surface area contributed by atoms with Crippen LogP contribution in [0.15, 0.2) is 49.2 Å². The Morgan fingerprint density at radius 2 is 1.88 bits per heavy atom. The fraction of sp³-hybridized carbons (Fsp3) is 0.0588. The summed E-state index contributed by atoms with van der Waals surface area (Å²) in [4.78, 5) is 20.0. The number of hydrogen-bond donors (Lipinski definition) is 3. The van der Waals surface area contributed by atoms with Gasteiger partial charge >= 0.3 is 0 Å². The maximum Gasteiger partial charge on any atom is 0.181 e. The molecule has 1 aromatic carbocycles. The molecule has 0 radical (unpaired) electrons. The number of halogens is 1. The molecule has 0 fully saturated rings. The van der Waals surface area contributed by atoms with Gasteiger partial charge in [0.05, 0.1) is 17.7 Å². The number of aromatic nitrogens is 5. The van der Waals surface area contributed by atoms with Gasteiger partial charge in [-0.2, -0.15) is 0 Å². The van der Waals surface area contributed by atoms with Gasteiger partial charge in [0.25, 0.3) is 0 Å².